The van der Waals surface area contributed by atoms with Crippen molar-refractivity contribution in [2.75, 3.05) is 5.32 Å². The first-order valence-corrected chi connectivity index (χ1v) is 10.7. The number of aromatic nitrogens is 3. The number of fused-ring (bicyclic) bond motifs is 1. The van der Waals surface area contributed by atoms with Crippen LogP contribution in [0.25, 0.3) is 21.6 Å². The lowest BCUT2D eigenvalue weighted by Gasteiger charge is -2.18. The molecule has 0 radical (unpaired) electrons. The first kappa shape index (κ1) is 22.8. The molecular weight excluding hydrogens is 452 g/mol. The first-order chi connectivity index (χ1) is 15.4. The topological polar surface area (TPSA) is 137 Å². The molecule has 11 heteroatoms. The van der Waals surface area contributed by atoms with Gasteiger partial charge in [0, 0.05) is 4.88 Å². The molecule has 1 unspecified atom stereocenters. The Balaban J connectivity index is 1.74. The van der Waals surface area contributed by atoms with Crippen LogP contribution >= 0.6 is 11.3 Å². The zero-order valence-corrected chi connectivity index (χ0v) is 18.7. The number of primary amides is 1. The smallest absolute Gasteiger partial charge is 0.251 e. The highest BCUT2D eigenvalue weighted by Crippen LogP contribution is 2.40. The fourth-order valence-corrected chi connectivity index (χ4v) is 4.37. The number of aliphatic hydroxyl groups excluding tert-OH is 1. The van der Waals surface area contributed by atoms with Crippen LogP contribution in [0, 0.1) is 11.6 Å². The molecule has 1 amide bonds. The molecule has 1 aromatic carbocycles. The normalized spacial score (nSPS) is 12.8. The molecule has 0 aliphatic carbocycles. The van der Waals surface area contributed by atoms with Gasteiger partial charge in [-0.1, -0.05) is 0 Å². The second-order valence-electron chi connectivity index (χ2n) is 8.08. The van der Waals surface area contributed by atoms with Crippen LogP contribution in [0.5, 0.6) is 0 Å². The number of halogens is 2. The first-order valence-electron chi connectivity index (χ1n) is 9.91. The average Bonchev–Trinajstić information content (AvgIpc) is 3.31. The van der Waals surface area contributed by atoms with Crippen molar-refractivity contribution in [2.45, 2.75) is 32.5 Å². The molecule has 0 saturated heterocycles. The van der Waals surface area contributed by atoms with Crippen molar-refractivity contribution in [3.63, 3.8) is 0 Å². The van der Waals surface area contributed by atoms with E-state index < -0.39 is 29.2 Å². The van der Waals surface area contributed by atoms with E-state index in [0.717, 1.165) is 23.5 Å². The van der Waals surface area contributed by atoms with Crippen LogP contribution in [-0.2, 0) is 5.60 Å². The fourth-order valence-electron chi connectivity index (χ4n) is 3.25. The molecule has 0 spiro atoms. The van der Waals surface area contributed by atoms with Gasteiger partial charge in [0.15, 0.2) is 5.65 Å². The summed E-state index contributed by atoms with van der Waals surface area (Å²) < 4.78 is 29.6. The number of aromatic amines is 1. The van der Waals surface area contributed by atoms with Gasteiger partial charge in [0.2, 0.25) is 0 Å². The zero-order valence-electron chi connectivity index (χ0n) is 17.9. The van der Waals surface area contributed by atoms with Crippen LogP contribution in [0.3, 0.4) is 0 Å². The van der Waals surface area contributed by atoms with Crippen molar-refractivity contribution in [1.29, 1.82) is 0 Å². The van der Waals surface area contributed by atoms with Crippen LogP contribution in [0.1, 0.15) is 48.6 Å². The van der Waals surface area contributed by atoms with Gasteiger partial charge in [0.1, 0.15) is 34.4 Å². The number of anilines is 2. The summed E-state index contributed by atoms with van der Waals surface area (Å²) in [4.78, 5) is 23.6. The number of carbonyl (C=O) groups excluding carboxylic acids is 1. The van der Waals surface area contributed by atoms with Crippen molar-refractivity contribution < 1.29 is 23.8 Å². The lowest BCUT2D eigenvalue weighted by Crippen LogP contribution is -2.16. The van der Waals surface area contributed by atoms with E-state index in [2.05, 4.69) is 20.3 Å². The molecule has 4 rings (SSSR count). The Hall–Kier alpha value is -3.41. The number of hydrogen-bond acceptors (Lipinski definition) is 7. The third-order valence-electron chi connectivity index (χ3n) is 4.99. The van der Waals surface area contributed by atoms with Crippen molar-refractivity contribution in [3.05, 3.63) is 58.9 Å². The van der Waals surface area contributed by atoms with Crippen molar-refractivity contribution in [2.24, 2.45) is 5.73 Å². The van der Waals surface area contributed by atoms with Crippen molar-refractivity contribution in [3.8, 4) is 10.4 Å². The van der Waals surface area contributed by atoms with E-state index in [1.807, 2.05) is 0 Å². The number of hydrogen-bond donors (Lipinski definition) is 5. The monoisotopic (exact) mass is 473 g/mol. The summed E-state index contributed by atoms with van der Waals surface area (Å²) >= 11 is 0.930. The fraction of sp³-hybridized carbons (Fsp3) is 0.227. The predicted molar refractivity (Wildman–Crippen MR) is 121 cm³/mol. The molecule has 0 aliphatic heterocycles. The Morgan fingerprint density at radius 1 is 1.21 bits per heavy atom. The summed E-state index contributed by atoms with van der Waals surface area (Å²) in [5.41, 5.74) is 4.79. The van der Waals surface area contributed by atoms with Crippen LogP contribution in [0.2, 0.25) is 0 Å². The Labute approximate surface area is 191 Å². The highest BCUT2D eigenvalue weighted by atomic mass is 32.1. The summed E-state index contributed by atoms with van der Waals surface area (Å²) in [6, 6.07) is 6.73. The van der Waals surface area contributed by atoms with Gasteiger partial charge in [-0.25, -0.2) is 18.7 Å². The second kappa shape index (κ2) is 8.18. The molecule has 0 fully saturated rings. The summed E-state index contributed by atoms with van der Waals surface area (Å²) in [5, 5.41) is 22.9. The summed E-state index contributed by atoms with van der Waals surface area (Å²) in [6.07, 6.45) is -0.801. The maximum atomic E-state index is 14.8. The van der Waals surface area contributed by atoms with E-state index in [4.69, 9.17) is 5.73 Å². The predicted octanol–water partition coefficient (Wildman–Crippen LogP) is 4.09. The van der Waals surface area contributed by atoms with Gasteiger partial charge in [-0.2, -0.15) is 0 Å². The van der Waals surface area contributed by atoms with Crippen LogP contribution in [0.4, 0.5) is 19.6 Å². The standard InChI is InChI=1S/C22H21F2N5O3S/c1-9(30)19-26-14-4-5-16(27-20(14)29-19)28-21-11(18(25)31)8-15(33-21)17-12(23)6-10(7-13(17)24)22(2,3)32/h4-9,30,32H,1-3H3,(H2,25,31)(H2,26,27,28,29). The number of benzene rings is 1. The van der Waals surface area contributed by atoms with Gasteiger partial charge in [0.25, 0.3) is 5.91 Å². The Morgan fingerprint density at radius 2 is 1.88 bits per heavy atom. The van der Waals surface area contributed by atoms with Crippen LogP contribution in [-0.4, -0.2) is 31.1 Å². The van der Waals surface area contributed by atoms with E-state index in [-0.39, 0.29) is 26.6 Å². The molecule has 172 valence electrons. The highest BCUT2D eigenvalue weighted by Gasteiger charge is 2.24. The number of thiophene rings is 1. The third kappa shape index (κ3) is 4.42. The molecule has 0 saturated carbocycles. The molecule has 6 N–H and O–H groups in total. The lowest BCUT2D eigenvalue weighted by molar-refractivity contribution is 0.0778. The molecule has 1 atom stereocenters. The van der Waals surface area contributed by atoms with Crippen LogP contribution in [0.15, 0.2) is 30.3 Å². The van der Waals surface area contributed by atoms with Gasteiger partial charge in [-0.15, -0.1) is 11.3 Å². The van der Waals surface area contributed by atoms with Crippen molar-refractivity contribution in [1.82, 2.24) is 15.0 Å². The maximum absolute atomic E-state index is 14.8. The van der Waals surface area contributed by atoms with E-state index in [1.165, 1.54) is 19.9 Å². The number of aliphatic hydroxyl groups is 2. The Bertz CT molecular complexity index is 1350. The minimum Gasteiger partial charge on any atom is -0.386 e. The minimum atomic E-state index is -1.43. The molecule has 3 heterocycles. The number of imidazole rings is 1. The third-order valence-corrected chi connectivity index (χ3v) is 6.06. The number of nitrogens with two attached hydrogens (primary N) is 1. The molecule has 8 nitrogen and oxygen atoms in total. The number of amides is 1. The summed E-state index contributed by atoms with van der Waals surface area (Å²) in [6.45, 7) is 4.41. The number of carbonyl (C=O) groups is 1. The van der Waals surface area contributed by atoms with Gasteiger partial charge in [-0.05, 0) is 56.7 Å². The number of rotatable bonds is 6. The SMILES string of the molecule is CC(O)c1nc2nc(Nc3sc(-c4c(F)cc(C(C)(C)O)cc4F)cc3C(N)=O)ccc2[nH]1. The summed E-state index contributed by atoms with van der Waals surface area (Å²) in [5.74, 6) is -1.87. The quantitative estimate of drug-likeness (QED) is 0.286. The van der Waals surface area contributed by atoms with Crippen molar-refractivity contribution >= 4 is 39.2 Å². The molecular formula is C22H21F2N5O3S. The van der Waals surface area contributed by atoms with E-state index in [9.17, 15) is 23.8 Å². The summed E-state index contributed by atoms with van der Waals surface area (Å²) in [7, 11) is 0. The second-order valence-corrected chi connectivity index (χ2v) is 9.13. The number of nitrogens with zero attached hydrogens (tertiary/aromatic N) is 2. The largest absolute Gasteiger partial charge is 0.386 e. The van der Waals surface area contributed by atoms with Gasteiger partial charge in [-0.3, -0.25) is 4.79 Å². The van der Waals surface area contributed by atoms with E-state index in [0.29, 0.717) is 22.8 Å². The lowest BCUT2D eigenvalue weighted by atomic mass is 9.96. The van der Waals surface area contributed by atoms with Gasteiger partial charge < -0.3 is 26.2 Å². The molecule has 4 aromatic rings. The molecule has 0 aliphatic rings. The number of pyridine rings is 1. The Morgan fingerprint density at radius 3 is 2.45 bits per heavy atom. The average molecular weight is 474 g/mol. The highest BCUT2D eigenvalue weighted by molar-refractivity contribution is 7.20. The number of nitrogens with one attached hydrogen (secondary N) is 2. The van der Waals surface area contributed by atoms with E-state index in [1.54, 1.807) is 19.1 Å². The molecule has 0 bridgehead atoms. The Kier molecular flexibility index (Phi) is 5.64. The minimum absolute atomic E-state index is 0.0361. The number of H-pyrrole nitrogens is 1. The van der Waals surface area contributed by atoms with Crippen LogP contribution < -0.4 is 11.1 Å². The molecule has 33 heavy (non-hydrogen) atoms. The zero-order chi connectivity index (χ0) is 24.1. The van der Waals surface area contributed by atoms with Gasteiger partial charge >= 0.3 is 0 Å². The maximum Gasteiger partial charge on any atom is 0.251 e. The van der Waals surface area contributed by atoms with Gasteiger partial charge in [0.05, 0.1) is 22.2 Å². The van der Waals surface area contributed by atoms with E-state index >= 15 is 0 Å². The molecule has 3 aromatic heterocycles.